The van der Waals surface area contributed by atoms with Crippen LogP contribution >= 0.6 is 11.6 Å². The molecule has 0 unspecified atom stereocenters. The van der Waals surface area contributed by atoms with Gasteiger partial charge in [0, 0.05) is 19.2 Å². The lowest BCUT2D eigenvalue weighted by molar-refractivity contribution is 0.0933. The monoisotopic (exact) mass is 508 g/mol. The number of anilines is 1. The fourth-order valence-corrected chi connectivity index (χ4v) is 5.27. The van der Waals surface area contributed by atoms with Crippen LogP contribution in [-0.2, 0) is 10.0 Å². The molecule has 2 aromatic carbocycles. The van der Waals surface area contributed by atoms with Crippen molar-refractivity contribution in [1.29, 1.82) is 0 Å². The molecule has 34 heavy (non-hydrogen) atoms. The number of unbranched alkanes of at least 4 members (excludes halogenated alkanes) is 1. The SMILES string of the molecule is COc1cc(N)c(Cl)cc1C(=O)NCC1CCN(CCCCNS(=O)(=O)c2ccccc2)CC1. The summed E-state index contributed by atoms with van der Waals surface area (Å²) >= 11 is 6.06. The fourth-order valence-electron chi connectivity index (χ4n) is 4.01. The Hall–Kier alpha value is -2.33. The number of amides is 1. The number of nitrogens with two attached hydrogens (primary N) is 1. The van der Waals surface area contributed by atoms with Crippen molar-refractivity contribution >= 4 is 33.2 Å². The van der Waals surface area contributed by atoms with Gasteiger partial charge in [-0.3, -0.25) is 4.79 Å². The van der Waals surface area contributed by atoms with E-state index in [9.17, 15) is 13.2 Å². The van der Waals surface area contributed by atoms with Crippen LogP contribution in [0, 0.1) is 5.92 Å². The second kappa shape index (κ2) is 12.4. The number of piperidine rings is 1. The summed E-state index contributed by atoms with van der Waals surface area (Å²) in [5, 5.41) is 3.32. The molecule has 1 fully saturated rings. The highest BCUT2D eigenvalue weighted by Gasteiger charge is 2.21. The minimum Gasteiger partial charge on any atom is -0.496 e. The molecule has 1 heterocycles. The van der Waals surface area contributed by atoms with Gasteiger partial charge in [-0.2, -0.15) is 0 Å². The van der Waals surface area contributed by atoms with Gasteiger partial charge in [-0.05, 0) is 69.4 Å². The average molecular weight is 509 g/mol. The number of methoxy groups -OCH3 is 1. The Morgan fingerprint density at radius 1 is 1.18 bits per heavy atom. The normalized spacial score (nSPS) is 15.2. The number of nitrogens with zero attached hydrogens (tertiary/aromatic N) is 1. The molecule has 2 aromatic rings. The summed E-state index contributed by atoms with van der Waals surface area (Å²) in [4.78, 5) is 15.3. The smallest absolute Gasteiger partial charge is 0.255 e. The van der Waals surface area contributed by atoms with Gasteiger partial charge in [0.2, 0.25) is 10.0 Å². The van der Waals surface area contributed by atoms with Crippen LogP contribution in [0.1, 0.15) is 36.0 Å². The zero-order chi connectivity index (χ0) is 24.6. The van der Waals surface area contributed by atoms with Crippen molar-refractivity contribution in [1.82, 2.24) is 14.9 Å². The van der Waals surface area contributed by atoms with Gasteiger partial charge in [-0.1, -0.05) is 29.8 Å². The molecule has 1 amide bonds. The molecule has 1 aliphatic heterocycles. The molecular formula is C24H33ClN4O4S. The molecule has 0 saturated carbocycles. The van der Waals surface area contributed by atoms with Crippen LogP contribution in [0.15, 0.2) is 47.4 Å². The number of rotatable bonds is 11. The van der Waals surface area contributed by atoms with Crippen LogP contribution in [0.2, 0.25) is 5.02 Å². The van der Waals surface area contributed by atoms with E-state index in [-0.39, 0.29) is 5.91 Å². The number of ether oxygens (including phenoxy) is 1. The lowest BCUT2D eigenvalue weighted by Gasteiger charge is -2.32. The standard InChI is InChI=1S/C24H33ClN4O4S/c1-33-23-16-22(26)21(25)15-20(23)24(30)27-17-18-9-13-29(14-10-18)12-6-5-11-28-34(31,32)19-7-3-2-4-8-19/h2-4,7-8,15-16,18,28H,5-6,9-14,17,26H2,1H3,(H,27,30). The number of likely N-dealkylation sites (tertiary alicyclic amines) is 1. The topological polar surface area (TPSA) is 114 Å². The fraction of sp³-hybridized carbons (Fsp3) is 0.458. The Kier molecular flexibility index (Phi) is 9.58. The predicted octanol–water partition coefficient (Wildman–Crippen LogP) is 3.13. The molecule has 0 spiro atoms. The number of hydrogen-bond acceptors (Lipinski definition) is 6. The lowest BCUT2D eigenvalue weighted by atomic mass is 9.96. The molecule has 1 saturated heterocycles. The van der Waals surface area contributed by atoms with E-state index < -0.39 is 10.0 Å². The summed E-state index contributed by atoms with van der Waals surface area (Å²) in [7, 11) is -1.94. The zero-order valence-corrected chi connectivity index (χ0v) is 21.0. The van der Waals surface area contributed by atoms with Crippen molar-refractivity contribution in [2.24, 2.45) is 5.92 Å². The van der Waals surface area contributed by atoms with Gasteiger partial charge >= 0.3 is 0 Å². The minimum atomic E-state index is -3.43. The molecule has 186 valence electrons. The maximum absolute atomic E-state index is 12.6. The van der Waals surface area contributed by atoms with Crippen molar-refractivity contribution in [3.8, 4) is 5.75 Å². The first-order chi connectivity index (χ1) is 16.3. The van der Waals surface area contributed by atoms with E-state index in [1.807, 2.05) is 0 Å². The molecule has 0 radical (unpaired) electrons. The zero-order valence-electron chi connectivity index (χ0n) is 19.4. The van der Waals surface area contributed by atoms with Gasteiger partial charge in [0.05, 0.1) is 28.3 Å². The molecule has 0 bridgehead atoms. The summed E-state index contributed by atoms with van der Waals surface area (Å²) in [6.45, 7) is 3.89. The number of halogens is 1. The van der Waals surface area contributed by atoms with Crippen molar-refractivity contribution in [3.05, 3.63) is 53.1 Å². The van der Waals surface area contributed by atoms with Crippen molar-refractivity contribution in [2.45, 2.75) is 30.6 Å². The molecule has 3 rings (SSSR count). The van der Waals surface area contributed by atoms with E-state index in [0.717, 1.165) is 45.3 Å². The number of carbonyl (C=O) groups is 1. The van der Waals surface area contributed by atoms with E-state index in [2.05, 4.69) is 14.9 Å². The summed E-state index contributed by atoms with van der Waals surface area (Å²) < 4.78 is 32.4. The van der Waals surface area contributed by atoms with Crippen molar-refractivity contribution < 1.29 is 17.9 Å². The highest BCUT2D eigenvalue weighted by atomic mass is 35.5. The molecule has 8 nitrogen and oxygen atoms in total. The number of nitrogens with one attached hydrogen (secondary N) is 2. The van der Waals surface area contributed by atoms with Gasteiger partial charge in [0.1, 0.15) is 5.75 Å². The van der Waals surface area contributed by atoms with Crippen LogP contribution in [0.3, 0.4) is 0 Å². The Balaban J connectivity index is 1.33. The molecule has 4 N–H and O–H groups in total. The summed E-state index contributed by atoms with van der Waals surface area (Å²) in [6, 6.07) is 11.5. The summed E-state index contributed by atoms with van der Waals surface area (Å²) in [5.41, 5.74) is 6.53. The van der Waals surface area contributed by atoms with Crippen LogP contribution in [0.5, 0.6) is 5.75 Å². The van der Waals surface area contributed by atoms with Crippen molar-refractivity contribution in [2.75, 3.05) is 45.6 Å². The van der Waals surface area contributed by atoms with Gasteiger partial charge in [-0.25, -0.2) is 13.1 Å². The maximum Gasteiger partial charge on any atom is 0.255 e. The highest BCUT2D eigenvalue weighted by molar-refractivity contribution is 7.89. The summed E-state index contributed by atoms with van der Waals surface area (Å²) in [6.07, 6.45) is 3.71. The second-order valence-electron chi connectivity index (χ2n) is 8.49. The van der Waals surface area contributed by atoms with Gasteiger partial charge < -0.3 is 20.7 Å². The Morgan fingerprint density at radius 3 is 2.56 bits per heavy atom. The summed E-state index contributed by atoms with van der Waals surface area (Å²) in [5.74, 6) is 0.590. The highest BCUT2D eigenvalue weighted by Crippen LogP contribution is 2.29. The third-order valence-electron chi connectivity index (χ3n) is 6.07. The Morgan fingerprint density at radius 2 is 1.88 bits per heavy atom. The number of sulfonamides is 1. The van der Waals surface area contributed by atoms with Gasteiger partial charge in [0.15, 0.2) is 0 Å². The lowest BCUT2D eigenvalue weighted by Crippen LogP contribution is -2.39. The number of benzene rings is 2. The Bertz CT molecular complexity index is 1060. The molecule has 10 heteroatoms. The molecule has 0 atom stereocenters. The number of nitrogen functional groups attached to an aromatic ring is 1. The number of hydrogen-bond donors (Lipinski definition) is 3. The van der Waals surface area contributed by atoms with E-state index in [4.69, 9.17) is 22.1 Å². The van der Waals surface area contributed by atoms with Crippen LogP contribution in [-0.4, -0.2) is 59.1 Å². The molecule has 0 aromatic heterocycles. The van der Waals surface area contributed by atoms with E-state index >= 15 is 0 Å². The largest absolute Gasteiger partial charge is 0.496 e. The first-order valence-corrected chi connectivity index (χ1v) is 13.3. The van der Waals surface area contributed by atoms with E-state index in [1.54, 1.807) is 36.4 Å². The second-order valence-corrected chi connectivity index (χ2v) is 10.7. The van der Waals surface area contributed by atoms with E-state index in [0.29, 0.717) is 45.9 Å². The van der Waals surface area contributed by atoms with Gasteiger partial charge in [-0.15, -0.1) is 0 Å². The number of carbonyl (C=O) groups excluding carboxylic acids is 1. The van der Waals surface area contributed by atoms with Crippen LogP contribution in [0.25, 0.3) is 0 Å². The van der Waals surface area contributed by atoms with Gasteiger partial charge in [0.25, 0.3) is 5.91 Å². The average Bonchev–Trinajstić information content (AvgIpc) is 2.85. The first-order valence-electron chi connectivity index (χ1n) is 11.5. The molecular weight excluding hydrogens is 476 g/mol. The first kappa shape index (κ1) is 26.3. The minimum absolute atomic E-state index is 0.223. The quantitative estimate of drug-likeness (QED) is 0.317. The van der Waals surface area contributed by atoms with Crippen LogP contribution in [0.4, 0.5) is 5.69 Å². The Labute approximate surface area is 206 Å². The maximum atomic E-state index is 12.6. The molecule has 0 aliphatic carbocycles. The predicted molar refractivity (Wildman–Crippen MR) is 135 cm³/mol. The molecule has 1 aliphatic rings. The van der Waals surface area contributed by atoms with Crippen LogP contribution < -0.4 is 20.5 Å². The third kappa shape index (κ3) is 7.33. The van der Waals surface area contributed by atoms with Crippen molar-refractivity contribution in [3.63, 3.8) is 0 Å². The van der Waals surface area contributed by atoms with E-state index in [1.165, 1.54) is 13.2 Å². The third-order valence-corrected chi connectivity index (χ3v) is 7.87.